The van der Waals surface area contributed by atoms with E-state index in [4.69, 9.17) is 11.5 Å². The second kappa shape index (κ2) is 6.58. The molecule has 130 valence electrons. The Hall–Kier alpha value is -2.83. The van der Waals surface area contributed by atoms with Crippen molar-refractivity contribution in [1.29, 1.82) is 0 Å². The van der Waals surface area contributed by atoms with Gasteiger partial charge in [0.2, 0.25) is 5.95 Å². The highest BCUT2D eigenvalue weighted by molar-refractivity contribution is 5.91. The number of anilines is 3. The lowest BCUT2D eigenvalue weighted by Crippen LogP contribution is -2.18. The summed E-state index contributed by atoms with van der Waals surface area (Å²) < 4.78 is 0. The molecule has 0 spiro atoms. The van der Waals surface area contributed by atoms with Gasteiger partial charge in [-0.15, -0.1) is 0 Å². The summed E-state index contributed by atoms with van der Waals surface area (Å²) in [7, 11) is 0. The summed E-state index contributed by atoms with van der Waals surface area (Å²) in [4.78, 5) is 8.70. The maximum absolute atomic E-state index is 5.92. The highest BCUT2D eigenvalue weighted by Crippen LogP contribution is 2.27. The van der Waals surface area contributed by atoms with Crippen LogP contribution in [0.2, 0.25) is 0 Å². The molecule has 0 unspecified atom stereocenters. The molecule has 0 amide bonds. The topological polar surface area (TPSA) is 119 Å². The number of fused-ring (bicyclic) bond motifs is 1. The predicted octanol–water partition coefficient (Wildman–Crippen LogP) is 3.18. The molecule has 2 aromatic heterocycles. The predicted molar refractivity (Wildman–Crippen MR) is 101 cm³/mol. The van der Waals surface area contributed by atoms with Gasteiger partial charge in [0.05, 0.1) is 11.2 Å². The van der Waals surface area contributed by atoms with E-state index in [0.717, 1.165) is 40.4 Å². The second-order valence-electron chi connectivity index (χ2n) is 6.75. The molecule has 1 saturated carbocycles. The number of aromatic amines is 1. The fourth-order valence-electron chi connectivity index (χ4n) is 3.54. The Labute approximate surface area is 146 Å². The summed E-state index contributed by atoms with van der Waals surface area (Å²) in [6, 6.07) is 7.84. The van der Waals surface area contributed by atoms with Crippen LogP contribution in [-0.2, 0) is 0 Å². The minimum absolute atomic E-state index is 0.271. The van der Waals surface area contributed by atoms with Crippen LogP contribution in [0.1, 0.15) is 32.1 Å². The van der Waals surface area contributed by atoms with E-state index < -0.39 is 0 Å². The van der Waals surface area contributed by atoms with Gasteiger partial charge in [0.25, 0.3) is 0 Å². The fraction of sp³-hybridized carbons (Fsp3) is 0.389. The fourth-order valence-corrected chi connectivity index (χ4v) is 3.54. The van der Waals surface area contributed by atoms with E-state index in [1.807, 2.05) is 24.3 Å². The van der Waals surface area contributed by atoms with E-state index in [2.05, 4.69) is 25.5 Å². The molecule has 4 rings (SSSR count). The number of benzene rings is 1. The molecule has 1 aliphatic carbocycles. The van der Waals surface area contributed by atoms with Crippen LogP contribution in [0, 0.1) is 5.92 Å². The molecular formula is C18H23N7. The Morgan fingerprint density at radius 1 is 1.08 bits per heavy atom. The molecule has 3 aromatic rings. The van der Waals surface area contributed by atoms with Gasteiger partial charge < -0.3 is 16.8 Å². The van der Waals surface area contributed by atoms with Crippen molar-refractivity contribution in [2.75, 3.05) is 23.3 Å². The molecule has 1 aliphatic rings. The smallest absolute Gasteiger partial charge is 0.222 e. The first kappa shape index (κ1) is 15.7. The van der Waals surface area contributed by atoms with Crippen LogP contribution in [0.3, 0.4) is 0 Å². The van der Waals surface area contributed by atoms with Crippen LogP contribution in [-0.4, -0.2) is 26.7 Å². The maximum Gasteiger partial charge on any atom is 0.222 e. The third-order valence-corrected chi connectivity index (χ3v) is 4.93. The molecule has 2 heterocycles. The minimum Gasteiger partial charge on any atom is -0.382 e. The van der Waals surface area contributed by atoms with Crippen LogP contribution >= 0.6 is 0 Å². The highest BCUT2D eigenvalue weighted by Gasteiger charge is 2.14. The third-order valence-electron chi connectivity index (χ3n) is 4.93. The molecule has 6 N–H and O–H groups in total. The lowest BCUT2D eigenvalue weighted by Gasteiger charge is -2.22. The number of nitrogen functional groups attached to an aromatic ring is 2. The molecule has 0 radical (unpaired) electrons. The minimum atomic E-state index is 0.271. The molecule has 1 aromatic carbocycles. The van der Waals surface area contributed by atoms with Crippen molar-refractivity contribution >= 4 is 28.5 Å². The van der Waals surface area contributed by atoms with Gasteiger partial charge in [0.1, 0.15) is 5.82 Å². The van der Waals surface area contributed by atoms with E-state index in [0.29, 0.717) is 5.82 Å². The lowest BCUT2D eigenvalue weighted by atomic mass is 9.89. The first-order valence-corrected chi connectivity index (χ1v) is 8.81. The highest BCUT2D eigenvalue weighted by atomic mass is 15.1. The van der Waals surface area contributed by atoms with Gasteiger partial charge in [-0.1, -0.05) is 25.3 Å². The summed E-state index contributed by atoms with van der Waals surface area (Å²) in [6.07, 6.45) is 6.60. The zero-order valence-corrected chi connectivity index (χ0v) is 14.1. The number of hydrogen-bond donors (Lipinski definition) is 4. The maximum atomic E-state index is 5.92. The van der Waals surface area contributed by atoms with Crippen LogP contribution in [0.25, 0.3) is 22.2 Å². The summed E-state index contributed by atoms with van der Waals surface area (Å²) in [5.74, 6) is 2.27. The van der Waals surface area contributed by atoms with E-state index in [-0.39, 0.29) is 5.95 Å². The van der Waals surface area contributed by atoms with E-state index in [9.17, 15) is 0 Å². The first-order chi connectivity index (χ1) is 12.2. The van der Waals surface area contributed by atoms with Gasteiger partial charge in [-0.25, -0.2) is 4.98 Å². The van der Waals surface area contributed by atoms with Gasteiger partial charge >= 0.3 is 0 Å². The number of hydrogen-bond acceptors (Lipinski definition) is 6. The Morgan fingerprint density at radius 2 is 1.92 bits per heavy atom. The Kier molecular flexibility index (Phi) is 4.13. The van der Waals surface area contributed by atoms with Crippen molar-refractivity contribution < 1.29 is 0 Å². The molecule has 7 nitrogen and oxygen atoms in total. The largest absolute Gasteiger partial charge is 0.382 e. The molecule has 7 heteroatoms. The van der Waals surface area contributed by atoms with Gasteiger partial charge in [-0.2, -0.15) is 10.1 Å². The average Bonchev–Trinajstić information content (AvgIpc) is 3.01. The van der Waals surface area contributed by atoms with Gasteiger partial charge in [-0.3, -0.25) is 5.10 Å². The van der Waals surface area contributed by atoms with Crippen LogP contribution in [0.15, 0.2) is 24.3 Å². The normalized spacial score (nSPS) is 15.5. The van der Waals surface area contributed by atoms with Crippen LogP contribution in [0.5, 0.6) is 0 Å². The lowest BCUT2D eigenvalue weighted by molar-refractivity contribution is 0.373. The van der Waals surface area contributed by atoms with E-state index >= 15 is 0 Å². The van der Waals surface area contributed by atoms with Crippen molar-refractivity contribution in [3.63, 3.8) is 0 Å². The monoisotopic (exact) mass is 337 g/mol. The molecule has 0 bridgehead atoms. The van der Waals surface area contributed by atoms with Gasteiger partial charge in [0, 0.05) is 23.6 Å². The zero-order valence-electron chi connectivity index (χ0n) is 14.1. The molecule has 25 heavy (non-hydrogen) atoms. The van der Waals surface area contributed by atoms with E-state index in [1.165, 1.54) is 32.1 Å². The van der Waals surface area contributed by atoms with Gasteiger partial charge in [-0.05, 0) is 30.9 Å². The van der Waals surface area contributed by atoms with Crippen molar-refractivity contribution in [3.05, 3.63) is 24.3 Å². The average molecular weight is 337 g/mol. The summed E-state index contributed by atoms with van der Waals surface area (Å²) in [5.41, 5.74) is 14.4. The van der Waals surface area contributed by atoms with Crippen LogP contribution < -0.4 is 16.8 Å². The van der Waals surface area contributed by atoms with Crippen molar-refractivity contribution in [1.82, 2.24) is 20.2 Å². The summed E-state index contributed by atoms with van der Waals surface area (Å²) >= 11 is 0. The number of nitrogens with one attached hydrogen (secondary N) is 2. The molecule has 1 fully saturated rings. The SMILES string of the molecule is Nc1nc(NCC2CCCCC2)cc(-c2ccc3c(N)n[nH]c3c2)n1. The van der Waals surface area contributed by atoms with Crippen LogP contribution in [0.4, 0.5) is 17.6 Å². The molecule has 0 aliphatic heterocycles. The third kappa shape index (κ3) is 3.35. The van der Waals surface area contributed by atoms with Gasteiger partial charge in [0.15, 0.2) is 5.82 Å². The standard InChI is InChI=1S/C18H23N7/c19-17-13-7-6-12(8-15(13)24-25-17)14-9-16(23-18(20)22-14)21-10-11-4-2-1-3-5-11/h6-9,11H,1-5,10H2,(H3,19,24,25)(H3,20,21,22,23). The number of rotatable bonds is 4. The molecule has 0 saturated heterocycles. The Balaban J connectivity index is 1.57. The molecular weight excluding hydrogens is 314 g/mol. The van der Waals surface area contributed by atoms with E-state index in [1.54, 1.807) is 0 Å². The summed E-state index contributed by atoms with van der Waals surface area (Å²) in [5, 5.41) is 11.3. The Bertz CT molecular complexity index is 880. The second-order valence-corrected chi connectivity index (χ2v) is 6.75. The molecule has 0 atom stereocenters. The number of nitrogens with two attached hydrogens (primary N) is 2. The quantitative estimate of drug-likeness (QED) is 0.580. The van der Waals surface area contributed by atoms with Crippen molar-refractivity contribution in [2.24, 2.45) is 5.92 Å². The van der Waals surface area contributed by atoms with Crippen molar-refractivity contribution in [3.8, 4) is 11.3 Å². The number of H-pyrrole nitrogens is 1. The number of nitrogens with zero attached hydrogens (tertiary/aromatic N) is 3. The first-order valence-electron chi connectivity index (χ1n) is 8.81. The van der Waals surface area contributed by atoms with Crippen molar-refractivity contribution in [2.45, 2.75) is 32.1 Å². The Morgan fingerprint density at radius 3 is 2.76 bits per heavy atom. The zero-order chi connectivity index (χ0) is 17.2. The number of aromatic nitrogens is 4. The summed E-state index contributed by atoms with van der Waals surface area (Å²) in [6.45, 7) is 0.937.